The number of hydrogen-bond acceptors (Lipinski definition) is 4. The van der Waals surface area contributed by atoms with E-state index in [1.54, 1.807) is 18.2 Å². The third-order valence-electron chi connectivity index (χ3n) is 7.13. The van der Waals surface area contributed by atoms with Crippen molar-refractivity contribution in [2.75, 3.05) is 37.2 Å². The number of benzene rings is 2. The van der Waals surface area contributed by atoms with Gasteiger partial charge in [0.25, 0.3) is 0 Å². The number of anilines is 2. The Morgan fingerprint density at radius 1 is 1.15 bits per heavy atom. The SMILES string of the molecule is N#Cc1cccc(C2CCC(N(CCCN3CCCC3)C(=O)Nc3cc(N)cc(Cl)c3)CC2)c1. The fourth-order valence-corrected chi connectivity index (χ4v) is 5.63. The molecule has 2 aliphatic rings. The second-order valence-electron chi connectivity index (χ2n) is 9.54. The first-order chi connectivity index (χ1) is 16.5. The molecule has 2 aromatic carbocycles. The average molecular weight is 480 g/mol. The van der Waals surface area contributed by atoms with Crippen LogP contribution in [0.1, 0.15) is 62.0 Å². The molecule has 1 aliphatic heterocycles. The predicted molar refractivity (Wildman–Crippen MR) is 138 cm³/mol. The average Bonchev–Trinajstić information content (AvgIpc) is 3.35. The molecule has 0 radical (unpaired) electrons. The van der Waals surface area contributed by atoms with Gasteiger partial charge >= 0.3 is 6.03 Å². The van der Waals surface area contributed by atoms with Crippen LogP contribution in [-0.2, 0) is 0 Å². The molecule has 34 heavy (non-hydrogen) atoms. The molecular weight excluding hydrogens is 446 g/mol. The van der Waals surface area contributed by atoms with E-state index in [1.165, 1.54) is 31.5 Å². The number of nitrogen functional groups attached to an aromatic ring is 1. The molecule has 3 N–H and O–H groups in total. The van der Waals surface area contributed by atoms with Gasteiger partial charge in [-0.2, -0.15) is 5.26 Å². The maximum atomic E-state index is 13.4. The van der Waals surface area contributed by atoms with E-state index in [-0.39, 0.29) is 12.1 Å². The molecule has 0 bridgehead atoms. The predicted octanol–water partition coefficient (Wildman–Crippen LogP) is 5.84. The monoisotopic (exact) mass is 479 g/mol. The van der Waals surface area contributed by atoms with Crippen LogP contribution in [-0.4, -0.2) is 48.1 Å². The zero-order chi connectivity index (χ0) is 23.9. The Kier molecular flexibility index (Phi) is 8.31. The van der Waals surface area contributed by atoms with Crippen LogP contribution < -0.4 is 11.1 Å². The van der Waals surface area contributed by atoms with Gasteiger partial charge in [-0.1, -0.05) is 23.7 Å². The minimum Gasteiger partial charge on any atom is -0.399 e. The van der Waals surface area contributed by atoms with Gasteiger partial charge in [0.2, 0.25) is 0 Å². The van der Waals surface area contributed by atoms with Crippen molar-refractivity contribution >= 4 is 29.0 Å². The lowest BCUT2D eigenvalue weighted by Crippen LogP contribution is -2.45. The summed E-state index contributed by atoms with van der Waals surface area (Å²) < 4.78 is 0. The molecule has 0 unspecified atom stereocenters. The quantitative estimate of drug-likeness (QED) is 0.488. The number of carbonyl (C=O) groups is 1. The van der Waals surface area contributed by atoms with Crippen molar-refractivity contribution in [3.8, 4) is 6.07 Å². The third-order valence-corrected chi connectivity index (χ3v) is 7.35. The summed E-state index contributed by atoms with van der Waals surface area (Å²) in [5.41, 5.74) is 9.02. The molecule has 180 valence electrons. The molecule has 4 rings (SSSR count). The summed E-state index contributed by atoms with van der Waals surface area (Å²) in [6, 6.07) is 15.5. The van der Waals surface area contributed by atoms with E-state index in [0.717, 1.165) is 45.2 Å². The minimum absolute atomic E-state index is 0.0852. The zero-order valence-corrected chi connectivity index (χ0v) is 20.4. The van der Waals surface area contributed by atoms with Gasteiger partial charge in [-0.15, -0.1) is 0 Å². The van der Waals surface area contributed by atoms with E-state index in [4.69, 9.17) is 17.3 Å². The van der Waals surface area contributed by atoms with Crippen molar-refractivity contribution in [2.24, 2.45) is 0 Å². The van der Waals surface area contributed by atoms with Crippen molar-refractivity contribution in [1.82, 2.24) is 9.80 Å². The highest BCUT2D eigenvalue weighted by molar-refractivity contribution is 6.31. The van der Waals surface area contributed by atoms with E-state index in [2.05, 4.69) is 22.4 Å². The van der Waals surface area contributed by atoms with Gasteiger partial charge in [-0.25, -0.2) is 4.79 Å². The summed E-state index contributed by atoms with van der Waals surface area (Å²) in [5.74, 6) is 0.437. The first kappa shape index (κ1) is 24.4. The smallest absolute Gasteiger partial charge is 0.322 e. The Morgan fingerprint density at radius 2 is 1.91 bits per heavy atom. The minimum atomic E-state index is -0.0852. The lowest BCUT2D eigenvalue weighted by molar-refractivity contribution is 0.157. The number of halogens is 1. The molecule has 1 saturated carbocycles. The lowest BCUT2D eigenvalue weighted by Gasteiger charge is -2.37. The number of nitrogens with one attached hydrogen (secondary N) is 1. The maximum absolute atomic E-state index is 13.4. The van der Waals surface area contributed by atoms with Crippen LogP contribution in [0.4, 0.5) is 16.2 Å². The summed E-state index contributed by atoms with van der Waals surface area (Å²) >= 11 is 6.14. The highest BCUT2D eigenvalue weighted by atomic mass is 35.5. The van der Waals surface area contributed by atoms with Crippen LogP contribution in [0.3, 0.4) is 0 Å². The maximum Gasteiger partial charge on any atom is 0.322 e. The number of urea groups is 1. The number of rotatable bonds is 7. The van der Waals surface area contributed by atoms with Crippen molar-refractivity contribution in [2.45, 2.75) is 56.9 Å². The van der Waals surface area contributed by atoms with Crippen LogP contribution in [0.15, 0.2) is 42.5 Å². The first-order valence-corrected chi connectivity index (χ1v) is 12.8. The van der Waals surface area contributed by atoms with Gasteiger partial charge in [-0.05, 0) is 106 Å². The summed E-state index contributed by atoms with van der Waals surface area (Å²) in [6.45, 7) is 4.10. The molecule has 6 nitrogen and oxygen atoms in total. The van der Waals surface area contributed by atoms with Gasteiger partial charge < -0.3 is 20.9 Å². The number of carbonyl (C=O) groups excluding carboxylic acids is 1. The second-order valence-corrected chi connectivity index (χ2v) is 9.98. The molecular formula is C27H34ClN5O. The molecule has 7 heteroatoms. The molecule has 0 spiro atoms. The Morgan fingerprint density at radius 3 is 2.62 bits per heavy atom. The Hall–Kier alpha value is -2.75. The van der Waals surface area contributed by atoms with Crippen LogP contribution in [0.5, 0.6) is 0 Å². The number of nitrogens with two attached hydrogens (primary N) is 1. The van der Waals surface area contributed by atoms with Crippen LogP contribution in [0, 0.1) is 11.3 Å². The van der Waals surface area contributed by atoms with Crippen molar-refractivity contribution < 1.29 is 4.79 Å². The van der Waals surface area contributed by atoms with Gasteiger partial charge in [0.15, 0.2) is 0 Å². The third kappa shape index (κ3) is 6.43. The lowest BCUT2D eigenvalue weighted by atomic mass is 9.81. The summed E-state index contributed by atoms with van der Waals surface area (Å²) in [6.07, 6.45) is 7.45. The van der Waals surface area contributed by atoms with Gasteiger partial charge in [0, 0.05) is 29.0 Å². The molecule has 2 fully saturated rings. The Labute approximate surface area is 207 Å². The van der Waals surface area contributed by atoms with Crippen molar-refractivity contribution in [3.05, 3.63) is 58.6 Å². The Bertz CT molecular complexity index is 1000. The van der Waals surface area contributed by atoms with Gasteiger partial charge in [0.05, 0.1) is 11.6 Å². The van der Waals surface area contributed by atoms with E-state index in [1.807, 2.05) is 23.1 Å². The number of nitrogens with zero attached hydrogens (tertiary/aromatic N) is 3. The summed E-state index contributed by atoms with van der Waals surface area (Å²) in [5, 5.41) is 12.8. The molecule has 0 atom stereocenters. The standard InChI is InChI=1S/C27H34ClN5O/c28-23-16-24(30)18-25(17-23)31-27(34)33(14-4-13-32-11-1-2-12-32)26-9-7-21(8-10-26)22-6-3-5-20(15-22)19-29/h3,5-6,15-18,21,26H,1-2,4,7-14,30H2,(H,31,34). The summed E-state index contributed by atoms with van der Waals surface area (Å²) in [7, 11) is 0. The van der Waals surface area contributed by atoms with Crippen LogP contribution in [0.25, 0.3) is 0 Å². The Balaban J connectivity index is 1.41. The topological polar surface area (TPSA) is 85.4 Å². The highest BCUT2D eigenvalue weighted by Crippen LogP contribution is 2.35. The van der Waals surface area contributed by atoms with E-state index >= 15 is 0 Å². The van der Waals surface area contributed by atoms with Gasteiger partial charge in [-0.3, -0.25) is 0 Å². The fourth-order valence-electron chi connectivity index (χ4n) is 5.38. The first-order valence-electron chi connectivity index (χ1n) is 12.4. The van der Waals surface area contributed by atoms with Crippen LogP contribution >= 0.6 is 11.6 Å². The van der Waals surface area contributed by atoms with Crippen molar-refractivity contribution in [1.29, 1.82) is 5.26 Å². The largest absolute Gasteiger partial charge is 0.399 e. The summed E-state index contributed by atoms with van der Waals surface area (Å²) in [4.78, 5) is 17.9. The zero-order valence-electron chi connectivity index (χ0n) is 19.7. The molecule has 1 heterocycles. The van der Waals surface area contributed by atoms with Crippen molar-refractivity contribution in [3.63, 3.8) is 0 Å². The van der Waals surface area contributed by atoms with E-state index in [9.17, 15) is 10.1 Å². The van der Waals surface area contributed by atoms with E-state index in [0.29, 0.717) is 27.9 Å². The number of amides is 2. The molecule has 1 saturated heterocycles. The molecule has 0 aromatic heterocycles. The van der Waals surface area contributed by atoms with Crippen LogP contribution in [0.2, 0.25) is 5.02 Å². The number of nitriles is 1. The number of likely N-dealkylation sites (tertiary alicyclic amines) is 1. The highest BCUT2D eigenvalue weighted by Gasteiger charge is 2.30. The molecule has 1 aliphatic carbocycles. The normalized spacial score (nSPS) is 20.6. The molecule has 2 aromatic rings. The number of hydrogen-bond donors (Lipinski definition) is 2. The molecule has 2 amide bonds. The van der Waals surface area contributed by atoms with Gasteiger partial charge in [0.1, 0.15) is 0 Å². The van der Waals surface area contributed by atoms with E-state index < -0.39 is 0 Å². The second kappa shape index (κ2) is 11.6. The fraction of sp³-hybridized carbons (Fsp3) is 0.481.